The summed E-state index contributed by atoms with van der Waals surface area (Å²) in [5, 5.41) is 54.3. The number of aliphatic carboxylic acids is 2. The normalized spacial score (nSPS) is 23.3. The number of unbranched alkanes of at least 4 members (excludes halogenated alkanes) is 1. The zero-order valence-corrected chi connectivity index (χ0v) is 76.7. The molecular formula is C93H115F4N17O21S. The highest BCUT2D eigenvalue weighted by molar-refractivity contribution is 8.00. The van der Waals surface area contributed by atoms with E-state index >= 15 is 51.9 Å². The van der Waals surface area contributed by atoms with Crippen molar-refractivity contribution in [1.29, 1.82) is 0 Å². The molecule has 6 aromatic rings. The topological polar surface area (TPSA) is 560 Å². The van der Waals surface area contributed by atoms with E-state index in [-0.39, 0.29) is 87.8 Å². The molecule has 3 aliphatic rings. The van der Waals surface area contributed by atoms with Crippen LogP contribution >= 0.6 is 11.8 Å². The third kappa shape index (κ3) is 29.5. The Morgan fingerprint density at radius 2 is 1.02 bits per heavy atom. The number of aromatic hydroxyl groups is 1. The number of carbonyl (C=O) groups excluding carboxylic acids is 16. The number of aromatic nitrogens is 1. The molecule has 732 valence electrons. The first-order valence-corrected chi connectivity index (χ1v) is 45.7. The number of carbonyl (C=O) groups is 18. The summed E-state index contributed by atoms with van der Waals surface area (Å²) in [7, 11) is 3.52. The van der Waals surface area contributed by atoms with Gasteiger partial charge in [-0.2, -0.15) is 0 Å². The number of likely N-dealkylation sites (N-methyl/N-ethyl adjacent to an activating group) is 3. The fraction of sp³-hybridized carbons (Fsp3) is 0.462. The molecule has 16 amide bonds. The van der Waals surface area contributed by atoms with Gasteiger partial charge in [0, 0.05) is 102 Å². The van der Waals surface area contributed by atoms with Crippen LogP contribution in [0.25, 0.3) is 10.9 Å². The highest BCUT2D eigenvalue weighted by Gasteiger charge is 2.46. The van der Waals surface area contributed by atoms with Gasteiger partial charge in [0.15, 0.2) is 17.5 Å². The van der Waals surface area contributed by atoms with E-state index in [1.807, 2.05) is 0 Å². The minimum absolute atomic E-state index is 0.0919. The summed E-state index contributed by atoms with van der Waals surface area (Å²) in [5.74, 6) is -28.8. The van der Waals surface area contributed by atoms with Gasteiger partial charge in [-0.3, -0.25) is 86.3 Å². The molecule has 4 heterocycles. The van der Waals surface area contributed by atoms with E-state index in [2.05, 4.69) is 52.8 Å². The monoisotopic (exact) mass is 1910 g/mol. The molecule has 3 fully saturated rings. The molecule has 5 aromatic carbocycles. The number of hydrogen-bond donors (Lipinski definition) is 15. The number of primary amides is 2. The number of hydrogen-bond acceptors (Lipinski definition) is 20. The molecule has 0 bridgehead atoms. The second-order valence-electron chi connectivity index (χ2n) is 34.3. The quantitative estimate of drug-likeness (QED) is 0.0285. The van der Waals surface area contributed by atoms with Gasteiger partial charge < -0.3 is 104 Å². The maximum atomic E-state index is 15.7. The van der Waals surface area contributed by atoms with E-state index in [1.54, 1.807) is 67.7 Å². The SMILES string of the molecule is CCCC[C@H]1C(=O)N2CCC[C@@H]2C(=O)N[C@@H](CC(=O)O)C(=O)N[C@@H](C(C)C)C(=O)N(C)[C@@H](Cc2ccccc2)C(=O)N[C@@H](CCC(=O)O)C(=O)N2CCCC[C@@H]2C(=O)N[C@@H](Cc2c[nH]c3ccccc23)C(=O)N[C@@H](Cc2ccc(O)cc2)C(=O)N[C@@H](CCC(N)=O)C(=O)N[C@H](C(=O)NCC(N)=O)CSCC(=O)N[C@@H](Cc2cc(F)c(F)c(F)c2)C(=O)N(C)[C@@H](Cc2ccc(F)cc2)C(=O)N1C. The van der Waals surface area contributed by atoms with Gasteiger partial charge in [-0.15, -0.1) is 11.8 Å². The van der Waals surface area contributed by atoms with Crippen molar-refractivity contribution in [3.05, 3.63) is 173 Å². The van der Waals surface area contributed by atoms with E-state index < -0.39 is 289 Å². The molecule has 9 rings (SSSR count). The standard InChI is InChI=1S/C93H115F4N17O21S/c1-7-8-21-71-92(134)114-37-16-23-70(114)87(129)107-66(45-78(121)122)85(127)109-80(50(2)3)93(135)111(5)72(42-51-17-10-9-11-18-51)88(130)104-63(33-35-77(119)120)90(132)113-36-15-14-22-69(113)86(128)106-65(44-55-46-100-61-20-13-12-19-58(55)61)84(126)105-64(40-52-26-30-57(115)31-27-52)83(125)103-62(32-34-74(98)116)82(124)108-68(81(123)101-47-75(99)117)48-136-49-76(118)102-67(41-54-38-59(95)79(97)60(96)39-54)89(131)112(6)73(91(133)110(71)4)43-53-24-28-56(94)29-25-53/h9-13,17-20,24-31,38-39,46,50,62-73,80,100,115H,7-8,14-16,21-23,32-37,40-45,47-49H2,1-6H3,(H2,98,116)(H2,99,117)(H,101,123)(H,102,118)(H,103,125)(H,104,130)(H,105,126)(H,106,128)(H,107,129)(H,108,124)(H,109,127)(H,119,120)(H,121,122)/t62-,63-,64-,65-,66-,67-,68-,69+,70+,71-,72-,73-,80-/m0/s1. The van der Waals surface area contributed by atoms with Crippen LogP contribution in [0.15, 0.2) is 121 Å². The number of phenols is 1. The van der Waals surface area contributed by atoms with Gasteiger partial charge in [-0.1, -0.05) is 106 Å². The smallest absolute Gasteiger partial charge is 0.305 e. The van der Waals surface area contributed by atoms with Crippen LogP contribution in [-0.2, 0) is 118 Å². The lowest BCUT2D eigenvalue weighted by Gasteiger charge is -2.38. The fourth-order valence-electron chi connectivity index (χ4n) is 16.5. The Morgan fingerprint density at radius 3 is 1.65 bits per heavy atom. The summed E-state index contributed by atoms with van der Waals surface area (Å²) in [6, 6.07) is 3.45. The number of fused-ring (bicyclic) bond motifs is 3. The van der Waals surface area contributed by atoms with Crippen molar-refractivity contribution in [1.82, 2.24) is 77.3 Å². The van der Waals surface area contributed by atoms with Crippen LogP contribution in [0.4, 0.5) is 17.6 Å². The predicted octanol–water partition coefficient (Wildman–Crippen LogP) is 1.47. The summed E-state index contributed by atoms with van der Waals surface area (Å²) >= 11 is 0.569. The minimum atomic E-state index is -2.00. The van der Waals surface area contributed by atoms with Gasteiger partial charge in [-0.05, 0) is 128 Å². The molecular weight excluding hydrogens is 1800 g/mol. The van der Waals surface area contributed by atoms with Crippen LogP contribution in [-0.4, -0.2) is 282 Å². The van der Waals surface area contributed by atoms with Crippen molar-refractivity contribution < 1.29 is 119 Å². The third-order valence-electron chi connectivity index (χ3n) is 24.0. The summed E-state index contributed by atoms with van der Waals surface area (Å²) in [5.41, 5.74) is 12.5. The summed E-state index contributed by atoms with van der Waals surface area (Å²) < 4.78 is 59.8. The number of nitrogens with zero attached hydrogens (tertiary/aromatic N) is 5. The number of para-hydroxylation sites is 1. The van der Waals surface area contributed by atoms with Crippen LogP contribution in [0.1, 0.15) is 132 Å². The number of nitrogens with two attached hydrogens (primary N) is 2. The minimum Gasteiger partial charge on any atom is -0.508 e. The maximum Gasteiger partial charge on any atom is 0.305 e. The molecule has 0 unspecified atom stereocenters. The highest BCUT2D eigenvalue weighted by Crippen LogP contribution is 2.29. The van der Waals surface area contributed by atoms with E-state index in [1.165, 1.54) is 64.3 Å². The summed E-state index contributed by atoms with van der Waals surface area (Å²) in [6.07, 6.45) is -3.71. The van der Waals surface area contributed by atoms with E-state index in [9.17, 15) is 67.3 Å². The van der Waals surface area contributed by atoms with Gasteiger partial charge >= 0.3 is 11.9 Å². The van der Waals surface area contributed by atoms with E-state index in [4.69, 9.17) is 11.5 Å². The van der Waals surface area contributed by atoms with Crippen LogP contribution in [0, 0.1) is 29.2 Å². The molecule has 0 spiro atoms. The first-order valence-electron chi connectivity index (χ1n) is 44.5. The highest BCUT2D eigenvalue weighted by atomic mass is 32.2. The van der Waals surface area contributed by atoms with Gasteiger partial charge in [0.25, 0.3) is 0 Å². The van der Waals surface area contributed by atoms with Crippen molar-refractivity contribution in [3.63, 3.8) is 0 Å². The molecule has 3 aliphatic heterocycles. The second kappa shape index (κ2) is 49.8. The average Bonchev–Trinajstić information content (AvgIpc) is 1.47. The van der Waals surface area contributed by atoms with Crippen molar-refractivity contribution in [3.8, 4) is 5.75 Å². The largest absolute Gasteiger partial charge is 0.508 e. The van der Waals surface area contributed by atoms with Crippen LogP contribution in [0.5, 0.6) is 5.75 Å². The maximum absolute atomic E-state index is 15.7. The summed E-state index contributed by atoms with van der Waals surface area (Å²) in [4.78, 5) is 271. The van der Waals surface area contributed by atoms with Crippen molar-refractivity contribution in [2.75, 3.05) is 52.3 Å². The van der Waals surface area contributed by atoms with E-state index in [0.29, 0.717) is 52.3 Å². The number of amides is 16. The van der Waals surface area contributed by atoms with Crippen LogP contribution < -0.4 is 59.3 Å². The molecule has 136 heavy (non-hydrogen) atoms. The Bertz CT molecular complexity index is 5350. The van der Waals surface area contributed by atoms with Crippen LogP contribution in [0.2, 0.25) is 0 Å². The molecule has 0 saturated carbocycles. The average molecular weight is 1920 g/mol. The lowest BCUT2D eigenvalue weighted by Crippen LogP contribution is -2.63. The lowest BCUT2D eigenvalue weighted by atomic mass is 9.97. The number of nitrogens with one attached hydrogen (secondary N) is 10. The number of thioether (sulfide) groups is 1. The molecule has 43 heteroatoms. The van der Waals surface area contributed by atoms with Gasteiger partial charge in [0.1, 0.15) is 90.1 Å². The number of piperidine rings is 1. The zero-order chi connectivity index (χ0) is 99.5. The molecule has 3 saturated heterocycles. The number of phenolic OH excluding ortho intramolecular Hbond substituents is 1. The van der Waals surface area contributed by atoms with Crippen molar-refractivity contribution in [2.24, 2.45) is 17.4 Å². The Labute approximate surface area is 784 Å². The zero-order valence-electron chi connectivity index (χ0n) is 75.9. The van der Waals surface area contributed by atoms with Crippen molar-refractivity contribution in [2.45, 2.75) is 215 Å². The van der Waals surface area contributed by atoms with Crippen molar-refractivity contribution >= 4 is 129 Å². The van der Waals surface area contributed by atoms with E-state index in [0.717, 1.165) is 43.7 Å². The Morgan fingerprint density at radius 1 is 0.493 bits per heavy atom. The number of aromatic amines is 1. The van der Waals surface area contributed by atoms with Gasteiger partial charge in [0.05, 0.1) is 18.7 Å². The number of H-pyrrole nitrogens is 1. The lowest BCUT2D eigenvalue weighted by molar-refractivity contribution is -0.152. The first-order chi connectivity index (χ1) is 64.6. The number of rotatable bonds is 25. The van der Waals surface area contributed by atoms with Gasteiger partial charge in [-0.25, -0.2) is 17.6 Å². The molecule has 13 atom stereocenters. The number of carboxylic acid groups (broad SMARTS) is 2. The molecule has 38 nitrogen and oxygen atoms in total. The predicted molar refractivity (Wildman–Crippen MR) is 485 cm³/mol. The third-order valence-corrected chi connectivity index (χ3v) is 25.0. The summed E-state index contributed by atoms with van der Waals surface area (Å²) in [6.45, 7) is 3.57. The number of benzene rings is 5. The number of carboxylic acids is 2. The Hall–Kier alpha value is -14.0. The van der Waals surface area contributed by atoms with Gasteiger partial charge in [0.2, 0.25) is 94.5 Å². The van der Waals surface area contributed by atoms with Crippen LogP contribution in [0.3, 0.4) is 0 Å². The molecule has 0 radical (unpaired) electrons. The second-order valence-corrected chi connectivity index (χ2v) is 35.3. The molecule has 1 aromatic heterocycles. The Kier molecular flexibility index (Phi) is 38.7. The molecule has 0 aliphatic carbocycles. The first kappa shape index (κ1) is 106. The fourth-order valence-corrected chi connectivity index (χ4v) is 17.3. The molecule has 17 N–H and O–H groups in total. The Balaban J connectivity index is 1.15. The number of halogens is 4.